The van der Waals surface area contributed by atoms with Crippen molar-refractivity contribution in [2.24, 2.45) is 0 Å². The maximum absolute atomic E-state index is 11.8. The quantitative estimate of drug-likeness (QED) is 0.906. The summed E-state index contributed by atoms with van der Waals surface area (Å²) in [6, 6.07) is 1.50. The van der Waals surface area contributed by atoms with Gasteiger partial charge in [0.2, 0.25) is 0 Å². The zero-order valence-electron chi connectivity index (χ0n) is 11.8. The van der Waals surface area contributed by atoms with E-state index in [2.05, 4.69) is 25.8 Å². The summed E-state index contributed by atoms with van der Waals surface area (Å²) in [6.07, 6.45) is 5.83. The summed E-state index contributed by atoms with van der Waals surface area (Å²) < 4.78 is 0. The van der Waals surface area contributed by atoms with E-state index in [0.717, 1.165) is 24.3 Å². The number of thiazole rings is 1. The molecule has 6 nitrogen and oxygen atoms in total. The maximum atomic E-state index is 11.8. The third-order valence-electron chi connectivity index (χ3n) is 3.42. The number of rotatable bonds is 4. The zero-order valence-corrected chi connectivity index (χ0v) is 12.7. The molecule has 2 aromatic rings. The van der Waals surface area contributed by atoms with Crippen molar-refractivity contribution in [3.63, 3.8) is 0 Å². The predicted molar refractivity (Wildman–Crippen MR) is 81.6 cm³/mol. The second kappa shape index (κ2) is 6.17. The number of aromatic nitrogens is 3. The lowest BCUT2D eigenvalue weighted by Gasteiger charge is -2.07. The van der Waals surface area contributed by atoms with Gasteiger partial charge >= 0.3 is 6.03 Å². The van der Waals surface area contributed by atoms with Gasteiger partial charge < -0.3 is 10.6 Å². The highest BCUT2D eigenvalue weighted by Gasteiger charge is 2.16. The van der Waals surface area contributed by atoms with Crippen LogP contribution in [0.15, 0.2) is 12.3 Å². The number of nitrogens with zero attached hydrogens (tertiary/aromatic N) is 3. The first-order chi connectivity index (χ1) is 10.2. The summed E-state index contributed by atoms with van der Waals surface area (Å²) in [5.41, 5.74) is 2.64. The van der Waals surface area contributed by atoms with E-state index < -0.39 is 0 Å². The summed E-state index contributed by atoms with van der Waals surface area (Å²) in [5.74, 6) is 0. The molecule has 7 heteroatoms. The molecule has 2 amide bonds. The Morgan fingerprint density at radius 1 is 1.43 bits per heavy atom. The highest BCUT2D eigenvalue weighted by Crippen LogP contribution is 2.27. The molecule has 0 saturated carbocycles. The molecule has 0 fully saturated rings. The Bertz CT molecular complexity index is 633. The van der Waals surface area contributed by atoms with Gasteiger partial charge in [-0.2, -0.15) is 10.2 Å². The Morgan fingerprint density at radius 2 is 2.33 bits per heavy atom. The van der Waals surface area contributed by atoms with Gasteiger partial charge in [-0.05, 0) is 32.3 Å². The summed E-state index contributed by atoms with van der Waals surface area (Å²) in [7, 11) is 0. The number of amides is 2. The lowest BCUT2D eigenvalue weighted by atomic mass is 10.3. The fourth-order valence-electron chi connectivity index (χ4n) is 2.33. The van der Waals surface area contributed by atoms with Crippen molar-refractivity contribution in [3.8, 4) is 0 Å². The SMILES string of the molecule is Cc1nnccc1NC(=O)NCCc1nc2c(s1)CCC2. The molecule has 0 unspecified atom stereocenters. The van der Waals surface area contributed by atoms with Crippen molar-refractivity contribution in [1.29, 1.82) is 0 Å². The molecule has 3 rings (SSSR count). The number of aryl methyl sites for hydroxylation is 3. The normalized spacial score (nSPS) is 13.0. The summed E-state index contributed by atoms with van der Waals surface area (Å²) in [5, 5.41) is 14.4. The molecule has 0 spiro atoms. The summed E-state index contributed by atoms with van der Waals surface area (Å²) in [4.78, 5) is 17.8. The van der Waals surface area contributed by atoms with E-state index in [1.807, 2.05) is 0 Å². The summed E-state index contributed by atoms with van der Waals surface area (Å²) in [6.45, 7) is 2.38. The van der Waals surface area contributed by atoms with Crippen LogP contribution in [-0.4, -0.2) is 27.8 Å². The van der Waals surface area contributed by atoms with Crippen LogP contribution in [0.3, 0.4) is 0 Å². The van der Waals surface area contributed by atoms with Crippen molar-refractivity contribution < 1.29 is 4.79 Å². The predicted octanol–water partition coefficient (Wildman–Crippen LogP) is 2.09. The van der Waals surface area contributed by atoms with Crippen LogP contribution in [0, 0.1) is 6.92 Å². The monoisotopic (exact) mass is 303 g/mol. The van der Waals surface area contributed by atoms with Crippen LogP contribution in [-0.2, 0) is 19.3 Å². The van der Waals surface area contributed by atoms with Gasteiger partial charge in [-0.1, -0.05) is 0 Å². The van der Waals surface area contributed by atoms with Crippen LogP contribution >= 0.6 is 11.3 Å². The molecule has 1 aliphatic rings. The average Bonchev–Trinajstić information content (AvgIpc) is 3.02. The standard InChI is InChI=1S/C14H17N5OS/c1-9-10(5-8-16-19-9)18-14(20)15-7-6-13-17-11-3-2-4-12(11)21-13/h5,8H,2-4,6-7H2,1H3,(H2,15,16,18,20). The molecule has 0 bridgehead atoms. The van der Waals surface area contributed by atoms with Gasteiger partial charge in [-0.15, -0.1) is 11.3 Å². The molecule has 2 heterocycles. The van der Waals surface area contributed by atoms with Gasteiger partial charge in [-0.3, -0.25) is 0 Å². The molecule has 1 aliphatic carbocycles. The third-order valence-corrected chi connectivity index (χ3v) is 4.64. The smallest absolute Gasteiger partial charge is 0.319 e. The molecule has 0 atom stereocenters. The number of hydrogen-bond donors (Lipinski definition) is 2. The molecule has 110 valence electrons. The van der Waals surface area contributed by atoms with Crippen LogP contribution < -0.4 is 10.6 Å². The second-order valence-electron chi connectivity index (χ2n) is 4.99. The maximum Gasteiger partial charge on any atom is 0.319 e. The van der Waals surface area contributed by atoms with Crippen molar-refractivity contribution in [3.05, 3.63) is 33.5 Å². The van der Waals surface area contributed by atoms with E-state index >= 15 is 0 Å². The van der Waals surface area contributed by atoms with E-state index in [-0.39, 0.29) is 6.03 Å². The number of hydrogen-bond acceptors (Lipinski definition) is 5. The topological polar surface area (TPSA) is 79.8 Å². The number of fused-ring (bicyclic) bond motifs is 1. The zero-order chi connectivity index (χ0) is 14.7. The highest BCUT2D eigenvalue weighted by molar-refractivity contribution is 7.11. The number of anilines is 1. The van der Waals surface area contributed by atoms with E-state index in [1.54, 1.807) is 30.5 Å². The molecule has 0 saturated heterocycles. The van der Waals surface area contributed by atoms with Gasteiger partial charge in [0.15, 0.2) is 0 Å². The number of nitrogens with one attached hydrogen (secondary N) is 2. The molecule has 0 radical (unpaired) electrons. The molecule has 2 aromatic heterocycles. The van der Waals surface area contributed by atoms with E-state index in [4.69, 9.17) is 0 Å². The Labute approximate surface area is 127 Å². The first-order valence-corrected chi connectivity index (χ1v) is 7.84. The van der Waals surface area contributed by atoms with Crippen LogP contribution in [0.2, 0.25) is 0 Å². The molecular formula is C14H17N5OS. The Balaban J connectivity index is 1.46. The van der Waals surface area contributed by atoms with Crippen LogP contribution in [0.25, 0.3) is 0 Å². The minimum Gasteiger partial charge on any atom is -0.337 e. The fourth-order valence-corrected chi connectivity index (χ4v) is 3.49. The Hall–Kier alpha value is -2.02. The molecule has 21 heavy (non-hydrogen) atoms. The lowest BCUT2D eigenvalue weighted by molar-refractivity contribution is 0.252. The van der Waals surface area contributed by atoms with Crippen LogP contribution in [0.4, 0.5) is 10.5 Å². The van der Waals surface area contributed by atoms with Gasteiger partial charge in [0.25, 0.3) is 0 Å². The third kappa shape index (κ3) is 3.36. The minimum atomic E-state index is -0.227. The minimum absolute atomic E-state index is 0.227. The Morgan fingerprint density at radius 3 is 3.14 bits per heavy atom. The van der Waals surface area contributed by atoms with Gasteiger partial charge in [0.05, 0.1) is 28.3 Å². The summed E-state index contributed by atoms with van der Waals surface area (Å²) >= 11 is 1.78. The second-order valence-corrected chi connectivity index (χ2v) is 6.16. The van der Waals surface area contributed by atoms with Crippen LogP contribution in [0.5, 0.6) is 0 Å². The van der Waals surface area contributed by atoms with Crippen LogP contribution in [0.1, 0.15) is 27.7 Å². The van der Waals surface area contributed by atoms with Gasteiger partial charge in [-0.25, -0.2) is 9.78 Å². The fraction of sp³-hybridized carbons (Fsp3) is 0.429. The van der Waals surface area contributed by atoms with Crippen molar-refractivity contribution in [2.45, 2.75) is 32.6 Å². The van der Waals surface area contributed by atoms with E-state index in [9.17, 15) is 4.79 Å². The molecule has 0 aromatic carbocycles. The number of carbonyl (C=O) groups is 1. The van der Waals surface area contributed by atoms with Gasteiger partial charge in [0, 0.05) is 17.8 Å². The average molecular weight is 303 g/mol. The highest BCUT2D eigenvalue weighted by atomic mass is 32.1. The molecule has 2 N–H and O–H groups in total. The Kier molecular flexibility index (Phi) is 4.10. The molecular weight excluding hydrogens is 286 g/mol. The van der Waals surface area contributed by atoms with Gasteiger partial charge in [0.1, 0.15) is 0 Å². The first kappa shape index (κ1) is 13.9. The van der Waals surface area contributed by atoms with Crippen molar-refractivity contribution >= 4 is 23.1 Å². The first-order valence-electron chi connectivity index (χ1n) is 7.03. The number of urea groups is 1. The largest absolute Gasteiger partial charge is 0.337 e. The molecule has 0 aliphatic heterocycles. The van der Waals surface area contributed by atoms with Crippen molar-refractivity contribution in [2.75, 3.05) is 11.9 Å². The van der Waals surface area contributed by atoms with E-state index in [1.165, 1.54) is 17.0 Å². The van der Waals surface area contributed by atoms with E-state index in [0.29, 0.717) is 17.9 Å². The van der Waals surface area contributed by atoms with Crippen molar-refractivity contribution in [1.82, 2.24) is 20.5 Å². The lowest BCUT2D eigenvalue weighted by Crippen LogP contribution is -2.30. The number of carbonyl (C=O) groups excluding carboxylic acids is 1.